The van der Waals surface area contributed by atoms with Gasteiger partial charge in [0.25, 0.3) is 0 Å². The van der Waals surface area contributed by atoms with E-state index in [4.69, 9.17) is 10.2 Å². The van der Waals surface area contributed by atoms with E-state index in [2.05, 4.69) is 15.1 Å². The Morgan fingerprint density at radius 1 is 1.40 bits per heavy atom. The third-order valence-corrected chi connectivity index (χ3v) is 4.13. The van der Waals surface area contributed by atoms with E-state index in [0.717, 1.165) is 0 Å². The summed E-state index contributed by atoms with van der Waals surface area (Å²) in [5.74, 6) is -0.0158. The number of nitrogen functional groups attached to an aromatic ring is 1. The average molecular weight is 293 g/mol. The first kappa shape index (κ1) is 12.6. The van der Waals surface area contributed by atoms with Crippen molar-refractivity contribution in [3.05, 3.63) is 30.4 Å². The maximum atomic E-state index is 12.2. The van der Waals surface area contributed by atoms with Crippen LogP contribution in [0, 0.1) is 0 Å². The number of aryl methyl sites for hydroxylation is 1. The molecule has 1 aromatic carbocycles. The molecule has 104 valence electrons. The van der Waals surface area contributed by atoms with Crippen LogP contribution in [-0.4, -0.2) is 28.2 Å². The molecule has 8 nitrogen and oxygen atoms in total. The second-order valence-corrected chi connectivity index (χ2v) is 6.13. The van der Waals surface area contributed by atoms with Gasteiger partial charge in [-0.25, -0.2) is 13.4 Å². The Hall–Kier alpha value is -2.42. The summed E-state index contributed by atoms with van der Waals surface area (Å²) in [6, 6.07) is 4.77. The number of nitrogens with two attached hydrogens (primary N) is 1. The zero-order chi connectivity index (χ0) is 14.3. The molecule has 9 heteroatoms. The minimum absolute atomic E-state index is 0.312. The molecule has 0 saturated heterocycles. The van der Waals surface area contributed by atoms with Gasteiger partial charge in [0.15, 0.2) is 5.58 Å². The van der Waals surface area contributed by atoms with Crippen molar-refractivity contribution in [2.24, 2.45) is 7.05 Å². The molecule has 20 heavy (non-hydrogen) atoms. The van der Waals surface area contributed by atoms with Gasteiger partial charge in [-0.1, -0.05) is 0 Å². The minimum Gasteiger partial charge on any atom is -0.428 e. The molecule has 0 amide bonds. The Morgan fingerprint density at radius 2 is 2.20 bits per heavy atom. The largest absolute Gasteiger partial charge is 0.428 e. The number of sulfone groups is 1. The fourth-order valence-corrected chi connectivity index (χ4v) is 2.91. The standard InChI is InChI=1S/C11H11N5O3S/c1-16-10(13-6-14-16)5-20(17,18)11-15-8-3-2-7(12)4-9(8)19-11/h2-4,6H,5,12H2,1H3. The molecular formula is C11H11N5O3S. The van der Waals surface area contributed by atoms with Crippen molar-refractivity contribution in [1.29, 1.82) is 0 Å². The van der Waals surface area contributed by atoms with Crippen molar-refractivity contribution < 1.29 is 12.8 Å². The molecule has 0 unspecified atom stereocenters. The summed E-state index contributed by atoms with van der Waals surface area (Å²) in [5.41, 5.74) is 6.87. The number of rotatable bonds is 3. The summed E-state index contributed by atoms with van der Waals surface area (Å²) in [6.07, 6.45) is 1.29. The highest BCUT2D eigenvalue weighted by atomic mass is 32.2. The van der Waals surface area contributed by atoms with Crippen molar-refractivity contribution in [2.75, 3.05) is 5.73 Å². The first-order valence-electron chi connectivity index (χ1n) is 5.67. The van der Waals surface area contributed by atoms with Crippen molar-refractivity contribution in [3.63, 3.8) is 0 Å². The Balaban J connectivity index is 2.03. The molecule has 0 radical (unpaired) electrons. The lowest BCUT2D eigenvalue weighted by Gasteiger charge is -1.99. The topological polar surface area (TPSA) is 117 Å². The molecule has 2 aromatic heterocycles. The van der Waals surface area contributed by atoms with E-state index >= 15 is 0 Å². The Kier molecular flexibility index (Phi) is 2.71. The van der Waals surface area contributed by atoms with Crippen LogP contribution in [0.15, 0.2) is 34.2 Å². The molecular weight excluding hydrogens is 282 g/mol. The second kappa shape index (κ2) is 4.30. The lowest BCUT2D eigenvalue weighted by atomic mass is 10.3. The summed E-state index contributed by atoms with van der Waals surface area (Å²) in [6.45, 7) is 0. The summed E-state index contributed by atoms with van der Waals surface area (Å²) in [4.78, 5) is 7.85. The van der Waals surface area contributed by atoms with E-state index in [1.165, 1.54) is 17.1 Å². The average Bonchev–Trinajstić information content (AvgIpc) is 2.96. The van der Waals surface area contributed by atoms with Crippen LogP contribution < -0.4 is 5.73 Å². The number of hydrogen-bond donors (Lipinski definition) is 1. The van der Waals surface area contributed by atoms with Gasteiger partial charge in [-0.05, 0) is 12.1 Å². The van der Waals surface area contributed by atoms with Gasteiger partial charge in [-0.3, -0.25) is 4.68 Å². The molecule has 0 spiro atoms. The highest BCUT2D eigenvalue weighted by Crippen LogP contribution is 2.22. The smallest absolute Gasteiger partial charge is 0.316 e. The number of benzene rings is 1. The molecule has 3 rings (SSSR count). The Labute approximate surface area is 114 Å². The van der Waals surface area contributed by atoms with Crippen LogP contribution in [0.3, 0.4) is 0 Å². The molecule has 2 N–H and O–H groups in total. The fraction of sp³-hybridized carbons (Fsp3) is 0.182. The maximum Gasteiger partial charge on any atom is 0.316 e. The highest BCUT2D eigenvalue weighted by Gasteiger charge is 2.24. The number of anilines is 1. The third-order valence-electron chi connectivity index (χ3n) is 2.78. The fourth-order valence-electron chi connectivity index (χ4n) is 1.74. The van der Waals surface area contributed by atoms with Crippen molar-refractivity contribution >= 4 is 26.6 Å². The van der Waals surface area contributed by atoms with Gasteiger partial charge in [0.2, 0.25) is 9.84 Å². The number of aromatic nitrogens is 4. The summed E-state index contributed by atoms with van der Waals surface area (Å²) >= 11 is 0. The monoisotopic (exact) mass is 293 g/mol. The quantitative estimate of drug-likeness (QED) is 0.699. The number of fused-ring (bicyclic) bond motifs is 1. The molecule has 0 fully saturated rings. The van der Waals surface area contributed by atoms with Crippen molar-refractivity contribution in [2.45, 2.75) is 11.0 Å². The minimum atomic E-state index is -3.72. The lowest BCUT2D eigenvalue weighted by molar-refractivity contribution is 0.457. The second-order valence-electron chi connectivity index (χ2n) is 4.27. The van der Waals surface area contributed by atoms with Gasteiger partial charge in [0, 0.05) is 18.8 Å². The van der Waals surface area contributed by atoms with Crippen LogP contribution in [0.1, 0.15) is 5.82 Å². The van der Waals surface area contributed by atoms with Crippen LogP contribution in [-0.2, 0) is 22.6 Å². The van der Waals surface area contributed by atoms with E-state index in [0.29, 0.717) is 22.6 Å². The normalized spacial score (nSPS) is 12.1. The van der Waals surface area contributed by atoms with Crippen LogP contribution in [0.4, 0.5) is 5.69 Å². The van der Waals surface area contributed by atoms with E-state index in [-0.39, 0.29) is 11.0 Å². The Morgan fingerprint density at radius 3 is 2.90 bits per heavy atom. The molecule has 0 aliphatic carbocycles. The molecule has 0 aliphatic rings. The van der Waals surface area contributed by atoms with Gasteiger partial charge in [-0.2, -0.15) is 10.1 Å². The Bertz CT molecular complexity index is 880. The van der Waals surface area contributed by atoms with Crippen molar-refractivity contribution in [3.8, 4) is 0 Å². The predicted molar refractivity (Wildman–Crippen MR) is 70.3 cm³/mol. The highest BCUT2D eigenvalue weighted by molar-refractivity contribution is 7.90. The van der Waals surface area contributed by atoms with Gasteiger partial charge in [0.05, 0.1) is 0 Å². The molecule has 0 bridgehead atoms. The molecule has 0 saturated carbocycles. The van der Waals surface area contributed by atoms with E-state index in [9.17, 15) is 8.42 Å². The van der Waals surface area contributed by atoms with Crippen LogP contribution in [0.5, 0.6) is 0 Å². The van der Waals surface area contributed by atoms with Crippen LogP contribution in [0.25, 0.3) is 11.1 Å². The van der Waals surface area contributed by atoms with Crippen LogP contribution in [0.2, 0.25) is 0 Å². The molecule has 0 aliphatic heterocycles. The lowest BCUT2D eigenvalue weighted by Crippen LogP contribution is -2.10. The molecule has 2 heterocycles. The predicted octanol–water partition coefficient (Wildman–Crippen LogP) is 0.512. The molecule has 3 aromatic rings. The van der Waals surface area contributed by atoms with E-state index in [1.54, 1.807) is 19.2 Å². The number of hydrogen-bond acceptors (Lipinski definition) is 7. The first-order valence-corrected chi connectivity index (χ1v) is 7.32. The van der Waals surface area contributed by atoms with Gasteiger partial charge < -0.3 is 10.2 Å². The molecule has 0 atom stereocenters. The summed E-state index contributed by atoms with van der Waals surface area (Å²) < 4.78 is 31.1. The summed E-state index contributed by atoms with van der Waals surface area (Å²) in [5, 5.41) is 3.48. The van der Waals surface area contributed by atoms with E-state index in [1.807, 2.05) is 0 Å². The van der Waals surface area contributed by atoms with Gasteiger partial charge >= 0.3 is 5.22 Å². The van der Waals surface area contributed by atoms with Crippen molar-refractivity contribution in [1.82, 2.24) is 19.7 Å². The maximum absolute atomic E-state index is 12.2. The third kappa shape index (κ3) is 2.11. The first-order chi connectivity index (χ1) is 9.45. The van der Waals surface area contributed by atoms with Gasteiger partial charge in [-0.15, -0.1) is 0 Å². The number of oxazole rings is 1. The SMILES string of the molecule is Cn1ncnc1CS(=O)(=O)c1nc2ccc(N)cc2o1. The zero-order valence-corrected chi connectivity index (χ0v) is 11.3. The van der Waals surface area contributed by atoms with Gasteiger partial charge in [0.1, 0.15) is 23.4 Å². The number of nitrogens with zero attached hydrogens (tertiary/aromatic N) is 4. The van der Waals surface area contributed by atoms with Crippen LogP contribution >= 0.6 is 0 Å². The van der Waals surface area contributed by atoms with E-state index < -0.39 is 9.84 Å². The zero-order valence-electron chi connectivity index (χ0n) is 10.5. The summed E-state index contributed by atoms with van der Waals surface area (Å²) in [7, 11) is -2.11.